The first-order valence-electron chi connectivity index (χ1n) is 6.50. The van der Waals surface area contributed by atoms with Gasteiger partial charge in [-0.3, -0.25) is 4.89 Å². The summed E-state index contributed by atoms with van der Waals surface area (Å²) in [6, 6.07) is 4.35. The van der Waals surface area contributed by atoms with Crippen LogP contribution in [0.2, 0.25) is 0 Å². The Hall–Kier alpha value is -2.48. The maximum atomic E-state index is 11.7. The lowest BCUT2D eigenvalue weighted by Gasteiger charge is -2.09. The molecule has 0 saturated heterocycles. The van der Waals surface area contributed by atoms with Gasteiger partial charge >= 0.3 is 12.1 Å². The molecule has 0 spiro atoms. The Morgan fingerprint density at radius 3 is 2.36 bits per heavy atom. The number of hydrogen-bond acceptors (Lipinski definition) is 8. The van der Waals surface area contributed by atoms with Crippen LogP contribution in [-0.4, -0.2) is 32.4 Å². The monoisotopic (exact) mass is 314 g/mol. The van der Waals surface area contributed by atoms with Crippen molar-refractivity contribution in [1.82, 2.24) is 0 Å². The fourth-order valence-corrected chi connectivity index (χ4v) is 1.35. The van der Waals surface area contributed by atoms with Crippen molar-refractivity contribution in [1.29, 1.82) is 0 Å². The minimum Gasteiger partial charge on any atom is -0.493 e. The minimum absolute atomic E-state index is 0.122. The first-order chi connectivity index (χ1) is 10.5. The third kappa shape index (κ3) is 5.13. The molecule has 22 heavy (non-hydrogen) atoms. The summed E-state index contributed by atoms with van der Waals surface area (Å²) in [5.74, 6) is -0.0836. The normalized spacial score (nSPS) is 11.3. The van der Waals surface area contributed by atoms with Crippen molar-refractivity contribution in [2.75, 3.05) is 14.2 Å². The summed E-state index contributed by atoms with van der Waals surface area (Å²) in [5.41, 5.74) is 0.122. The number of methoxy groups -OCH3 is 2. The Morgan fingerprint density at radius 2 is 1.77 bits per heavy atom. The molecule has 0 amide bonds. The van der Waals surface area contributed by atoms with Crippen LogP contribution in [0.5, 0.6) is 11.5 Å². The maximum Gasteiger partial charge on any atom is 0.543 e. The van der Waals surface area contributed by atoms with Gasteiger partial charge in [-0.2, -0.15) is 0 Å². The molecule has 0 aliphatic rings. The molecule has 0 aliphatic heterocycles. The van der Waals surface area contributed by atoms with Gasteiger partial charge in [0, 0.05) is 0 Å². The second kappa shape index (κ2) is 8.73. The molecule has 1 unspecified atom stereocenters. The third-order valence-corrected chi connectivity index (χ3v) is 2.70. The van der Waals surface area contributed by atoms with Gasteiger partial charge in [0.2, 0.25) is 0 Å². The molecule has 0 saturated carbocycles. The van der Waals surface area contributed by atoms with E-state index in [1.165, 1.54) is 32.4 Å². The number of rotatable bonds is 7. The Kier molecular flexibility index (Phi) is 6.97. The predicted molar refractivity (Wildman–Crippen MR) is 73.4 cm³/mol. The van der Waals surface area contributed by atoms with Gasteiger partial charge in [-0.05, 0) is 31.5 Å². The van der Waals surface area contributed by atoms with E-state index in [0.717, 1.165) is 0 Å². The number of ether oxygens (including phenoxy) is 3. The van der Waals surface area contributed by atoms with Crippen molar-refractivity contribution in [3.8, 4) is 11.5 Å². The fraction of sp³-hybridized carbons (Fsp3) is 0.429. The lowest BCUT2D eigenvalue weighted by Crippen LogP contribution is -2.17. The van der Waals surface area contributed by atoms with E-state index in [2.05, 4.69) is 14.8 Å². The van der Waals surface area contributed by atoms with Gasteiger partial charge in [-0.25, -0.2) is 14.5 Å². The SMILES string of the molecule is CCC(C)OC(=O)OOOC(=O)c1ccc(OC)c(OC)c1. The average Bonchev–Trinajstić information content (AvgIpc) is 2.53. The molecule has 1 atom stereocenters. The highest BCUT2D eigenvalue weighted by atomic mass is 17.5. The maximum absolute atomic E-state index is 11.7. The second-order valence-corrected chi connectivity index (χ2v) is 4.18. The molecular weight excluding hydrogens is 296 g/mol. The summed E-state index contributed by atoms with van der Waals surface area (Å²) in [7, 11) is 2.90. The highest BCUT2D eigenvalue weighted by Gasteiger charge is 2.16. The molecule has 0 heterocycles. The van der Waals surface area contributed by atoms with Crippen LogP contribution in [0.3, 0.4) is 0 Å². The number of benzene rings is 1. The van der Waals surface area contributed by atoms with E-state index >= 15 is 0 Å². The first kappa shape index (κ1) is 17.6. The molecule has 0 radical (unpaired) electrons. The number of carbonyl (C=O) groups is 2. The van der Waals surface area contributed by atoms with E-state index in [4.69, 9.17) is 14.2 Å². The standard InChI is InChI=1S/C14H18O8/c1-5-9(2)19-14(16)21-22-20-13(15)10-6-7-11(17-3)12(8-10)18-4/h6-9H,5H2,1-4H3. The molecular formula is C14H18O8. The Morgan fingerprint density at radius 1 is 1.09 bits per heavy atom. The van der Waals surface area contributed by atoms with Crippen molar-refractivity contribution in [2.24, 2.45) is 0 Å². The molecule has 0 aromatic heterocycles. The zero-order valence-electron chi connectivity index (χ0n) is 12.8. The highest BCUT2D eigenvalue weighted by molar-refractivity contribution is 5.89. The van der Waals surface area contributed by atoms with Gasteiger partial charge in [0.1, 0.15) is 6.10 Å². The van der Waals surface area contributed by atoms with Crippen molar-refractivity contribution in [3.63, 3.8) is 0 Å². The van der Waals surface area contributed by atoms with E-state index < -0.39 is 12.1 Å². The fourth-order valence-electron chi connectivity index (χ4n) is 1.35. The summed E-state index contributed by atoms with van der Waals surface area (Å²) < 4.78 is 14.8. The Bertz CT molecular complexity index is 514. The van der Waals surface area contributed by atoms with Gasteiger partial charge in [-0.1, -0.05) is 6.92 Å². The van der Waals surface area contributed by atoms with Crippen LogP contribution < -0.4 is 9.47 Å². The molecule has 122 valence electrons. The molecule has 1 aromatic carbocycles. The van der Waals surface area contributed by atoms with Crippen LogP contribution in [0.1, 0.15) is 30.6 Å². The Labute approximate surface area is 127 Å². The van der Waals surface area contributed by atoms with Crippen molar-refractivity contribution >= 4 is 12.1 Å². The second-order valence-electron chi connectivity index (χ2n) is 4.18. The smallest absolute Gasteiger partial charge is 0.493 e. The minimum atomic E-state index is -1.10. The average molecular weight is 314 g/mol. The van der Waals surface area contributed by atoms with Gasteiger partial charge in [0.15, 0.2) is 11.5 Å². The van der Waals surface area contributed by atoms with Crippen LogP contribution in [0.25, 0.3) is 0 Å². The lowest BCUT2D eigenvalue weighted by atomic mass is 10.2. The topological polar surface area (TPSA) is 89.5 Å². The van der Waals surface area contributed by atoms with Gasteiger partial charge in [-0.15, -0.1) is 0 Å². The van der Waals surface area contributed by atoms with Crippen LogP contribution in [-0.2, 0) is 19.6 Å². The predicted octanol–water partition coefficient (Wildman–Crippen LogP) is 2.66. The van der Waals surface area contributed by atoms with Crippen LogP contribution >= 0.6 is 0 Å². The van der Waals surface area contributed by atoms with E-state index in [1.54, 1.807) is 6.92 Å². The lowest BCUT2D eigenvalue weighted by molar-refractivity contribution is -0.452. The largest absolute Gasteiger partial charge is 0.543 e. The van der Waals surface area contributed by atoms with Gasteiger partial charge in [0.05, 0.1) is 24.8 Å². The molecule has 8 heteroatoms. The van der Waals surface area contributed by atoms with E-state index in [0.29, 0.717) is 17.9 Å². The van der Waals surface area contributed by atoms with Crippen molar-refractivity contribution < 1.29 is 38.6 Å². The molecule has 0 fully saturated rings. The zero-order chi connectivity index (χ0) is 16.5. The van der Waals surface area contributed by atoms with E-state index in [1.807, 2.05) is 6.92 Å². The molecule has 1 aromatic rings. The molecule has 0 bridgehead atoms. The quantitative estimate of drug-likeness (QED) is 0.431. The van der Waals surface area contributed by atoms with Crippen LogP contribution in [0.4, 0.5) is 4.79 Å². The van der Waals surface area contributed by atoms with Crippen molar-refractivity contribution in [2.45, 2.75) is 26.4 Å². The number of carbonyl (C=O) groups excluding carboxylic acids is 2. The molecule has 0 N–H and O–H groups in total. The van der Waals surface area contributed by atoms with Gasteiger partial charge in [0.25, 0.3) is 0 Å². The third-order valence-electron chi connectivity index (χ3n) is 2.70. The Balaban J connectivity index is 2.50. The van der Waals surface area contributed by atoms with Gasteiger partial charge < -0.3 is 14.2 Å². The molecule has 0 aliphatic carbocycles. The molecule has 8 nitrogen and oxygen atoms in total. The first-order valence-corrected chi connectivity index (χ1v) is 6.50. The number of hydrogen-bond donors (Lipinski definition) is 0. The van der Waals surface area contributed by atoms with Crippen LogP contribution in [0.15, 0.2) is 18.2 Å². The summed E-state index contributed by atoms with van der Waals surface area (Å²) >= 11 is 0. The summed E-state index contributed by atoms with van der Waals surface area (Å²) in [5, 5.41) is 4.09. The molecule has 1 rings (SSSR count). The summed E-state index contributed by atoms with van der Waals surface area (Å²) in [4.78, 5) is 31.3. The summed E-state index contributed by atoms with van der Waals surface area (Å²) in [6.45, 7) is 3.51. The van der Waals surface area contributed by atoms with Crippen molar-refractivity contribution in [3.05, 3.63) is 23.8 Å². The highest BCUT2D eigenvalue weighted by Crippen LogP contribution is 2.27. The van der Waals surface area contributed by atoms with E-state index in [-0.39, 0.29) is 11.7 Å². The van der Waals surface area contributed by atoms with E-state index in [9.17, 15) is 9.59 Å². The van der Waals surface area contributed by atoms with Crippen LogP contribution in [0, 0.1) is 0 Å². The summed E-state index contributed by atoms with van der Waals surface area (Å²) in [6.07, 6.45) is -0.826. The zero-order valence-corrected chi connectivity index (χ0v) is 12.8.